The fraction of sp³-hybridized carbons (Fsp3) is 0.583. The van der Waals surface area contributed by atoms with Gasteiger partial charge in [-0.25, -0.2) is 0 Å². The van der Waals surface area contributed by atoms with Gasteiger partial charge in [0.2, 0.25) is 0 Å². The molecule has 2 heteroatoms. The van der Waals surface area contributed by atoms with Crippen molar-refractivity contribution in [3.63, 3.8) is 0 Å². The molecule has 0 aliphatic rings. The SMILES string of the molecule is CCC(CC)C(N)c1cnccc1C. The molecule has 1 unspecified atom stereocenters. The van der Waals surface area contributed by atoms with Crippen molar-refractivity contribution in [1.82, 2.24) is 4.98 Å². The van der Waals surface area contributed by atoms with Crippen molar-refractivity contribution in [3.8, 4) is 0 Å². The molecule has 2 nitrogen and oxygen atoms in total. The second-order valence-electron chi connectivity index (χ2n) is 3.83. The molecule has 0 saturated heterocycles. The van der Waals surface area contributed by atoms with Gasteiger partial charge in [-0.1, -0.05) is 26.7 Å². The van der Waals surface area contributed by atoms with Gasteiger partial charge in [-0.15, -0.1) is 0 Å². The van der Waals surface area contributed by atoms with Gasteiger partial charge in [-0.3, -0.25) is 4.98 Å². The fourth-order valence-corrected chi connectivity index (χ4v) is 1.88. The Bertz CT molecular complexity index is 279. The summed E-state index contributed by atoms with van der Waals surface area (Å²) in [4.78, 5) is 4.14. The Labute approximate surface area is 86.5 Å². The largest absolute Gasteiger partial charge is 0.324 e. The van der Waals surface area contributed by atoms with Gasteiger partial charge in [0.15, 0.2) is 0 Å². The van der Waals surface area contributed by atoms with Gasteiger partial charge in [-0.05, 0) is 30.0 Å². The number of hydrogen-bond acceptors (Lipinski definition) is 2. The summed E-state index contributed by atoms with van der Waals surface area (Å²) in [5.41, 5.74) is 8.67. The number of rotatable bonds is 4. The van der Waals surface area contributed by atoms with E-state index >= 15 is 0 Å². The third-order valence-corrected chi connectivity index (χ3v) is 3.00. The molecule has 0 aliphatic heterocycles. The second kappa shape index (κ2) is 5.11. The summed E-state index contributed by atoms with van der Waals surface area (Å²) in [6, 6.07) is 2.16. The molecular weight excluding hydrogens is 172 g/mol. The summed E-state index contributed by atoms with van der Waals surface area (Å²) in [6.07, 6.45) is 5.98. The Morgan fingerprint density at radius 3 is 2.50 bits per heavy atom. The molecule has 2 N–H and O–H groups in total. The van der Waals surface area contributed by atoms with Crippen molar-refractivity contribution < 1.29 is 0 Å². The predicted octanol–water partition coefficient (Wildman–Crippen LogP) is 2.83. The molecule has 0 aromatic carbocycles. The molecule has 0 amide bonds. The van der Waals surface area contributed by atoms with Gasteiger partial charge in [0.25, 0.3) is 0 Å². The first-order chi connectivity index (χ1) is 6.70. The molecule has 0 spiro atoms. The Hall–Kier alpha value is -0.890. The van der Waals surface area contributed by atoms with Crippen molar-refractivity contribution in [1.29, 1.82) is 0 Å². The monoisotopic (exact) mass is 192 g/mol. The van der Waals surface area contributed by atoms with Crippen LogP contribution in [-0.2, 0) is 0 Å². The Kier molecular flexibility index (Phi) is 4.08. The fourth-order valence-electron chi connectivity index (χ4n) is 1.88. The van der Waals surface area contributed by atoms with Crippen LogP contribution in [0, 0.1) is 12.8 Å². The molecule has 0 aliphatic carbocycles. The molecular formula is C12H20N2. The van der Waals surface area contributed by atoms with Gasteiger partial charge in [0.1, 0.15) is 0 Å². The lowest BCUT2D eigenvalue weighted by Crippen LogP contribution is -2.21. The number of nitrogens with zero attached hydrogens (tertiary/aromatic N) is 1. The quantitative estimate of drug-likeness (QED) is 0.796. The highest BCUT2D eigenvalue weighted by Gasteiger charge is 2.17. The van der Waals surface area contributed by atoms with Crippen LogP contribution in [0.5, 0.6) is 0 Å². The molecule has 1 rings (SSSR count). The highest BCUT2D eigenvalue weighted by Crippen LogP contribution is 2.26. The van der Waals surface area contributed by atoms with Crippen LogP contribution in [0.3, 0.4) is 0 Å². The van der Waals surface area contributed by atoms with E-state index in [1.54, 1.807) is 0 Å². The van der Waals surface area contributed by atoms with Gasteiger partial charge in [0.05, 0.1) is 0 Å². The molecule has 1 heterocycles. The van der Waals surface area contributed by atoms with Crippen molar-refractivity contribution in [3.05, 3.63) is 29.6 Å². The smallest absolute Gasteiger partial charge is 0.0341 e. The number of aryl methyl sites for hydroxylation is 1. The van der Waals surface area contributed by atoms with Crippen molar-refractivity contribution >= 4 is 0 Å². The van der Waals surface area contributed by atoms with E-state index in [1.165, 1.54) is 11.1 Å². The van der Waals surface area contributed by atoms with Crippen molar-refractivity contribution in [2.24, 2.45) is 11.7 Å². The maximum atomic E-state index is 6.22. The Morgan fingerprint density at radius 2 is 2.00 bits per heavy atom. The number of nitrogens with two attached hydrogens (primary N) is 1. The zero-order valence-corrected chi connectivity index (χ0v) is 9.33. The molecule has 0 radical (unpaired) electrons. The van der Waals surface area contributed by atoms with Crippen molar-refractivity contribution in [2.75, 3.05) is 0 Å². The van der Waals surface area contributed by atoms with Crippen LogP contribution in [-0.4, -0.2) is 4.98 Å². The van der Waals surface area contributed by atoms with E-state index < -0.39 is 0 Å². The van der Waals surface area contributed by atoms with E-state index in [9.17, 15) is 0 Å². The third-order valence-electron chi connectivity index (χ3n) is 3.00. The standard InChI is InChI=1S/C12H20N2/c1-4-10(5-2)12(13)11-8-14-7-6-9(11)3/h6-8,10,12H,4-5,13H2,1-3H3. The maximum Gasteiger partial charge on any atom is 0.0341 e. The van der Waals surface area contributed by atoms with Crippen LogP contribution in [0.4, 0.5) is 0 Å². The van der Waals surface area contributed by atoms with E-state index in [-0.39, 0.29) is 6.04 Å². The average molecular weight is 192 g/mol. The molecule has 1 atom stereocenters. The Morgan fingerprint density at radius 1 is 1.36 bits per heavy atom. The van der Waals surface area contributed by atoms with Gasteiger partial charge < -0.3 is 5.73 Å². The Balaban J connectivity index is 2.88. The zero-order valence-electron chi connectivity index (χ0n) is 9.33. The second-order valence-corrected chi connectivity index (χ2v) is 3.83. The highest BCUT2D eigenvalue weighted by molar-refractivity contribution is 5.25. The molecule has 0 bridgehead atoms. The lowest BCUT2D eigenvalue weighted by Gasteiger charge is -2.22. The maximum absolute atomic E-state index is 6.22. The lowest BCUT2D eigenvalue weighted by atomic mass is 9.88. The molecule has 1 aromatic rings. The molecule has 0 saturated carbocycles. The van der Waals surface area contributed by atoms with Crippen LogP contribution < -0.4 is 5.73 Å². The summed E-state index contributed by atoms with van der Waals surface area (Å²) in [6.45, 7) is 6.48. The summed E-state index contributed by atoms with van der Waals surface area (Å²) < 4.78 is 0. The first-order valence-electron chi connectivity index (χ1n) is 5.36. The van der Waals surface area contributed by atoms with Crippen molar-refractivity contribution in [2.45, 2.75) is 39.7 Å². The number of pyridine rings is 1. The van der Waals surface area contributed by atoms with E-state index in [0.717, 1.165) is 12.8 Å². The van der Waals surface area contributed by atoms with Crippen LogP contribution >= 0.6 is 0 Å². The summed E-state index contributed by atoms with van der Waals surface area (Å²) in [5, 5.41) is 0. The summed E-state index contributed by atoms with van der Waals surface area (Å²) >= 11 is 0. The first kappa shape index (κ1) is 11.2. The van der Waals surface area contributed by atoms with Crippen LogP contribution in [0.15, 0.2) is 18.5 Å². The van der Waals surface area contributed by atoms with Crippen LogP contribution in [0.25, 0.3) is 0 Å². The van der Waals surface area contributed by atoms with E-state index in [4.69, 9.17) is 5.73 Å². The normalized spacial score (nSPS) is 13.2. The summed E-state index contributed by atoms with van der Waals surface area (Å²) in [5.74, 6) is 0.567. The number of aromatic nitrogens is 1. The van der Waals surface area contributed by atoms with Gasteiger partial charge in [-0.2, -0.15) is 0 Å². The topological polar surface area (TPSA) is 38.9 Å². The number of hydrogen-bond donors (Lipinski definition) is 1. The van der Waals surface area contributed by atoms with E-state index in [1.807, 2.05) is 18.5 Å². The van der Waals surface area contributed by atoms with Crippen LogP contribution in [0.1, 0.15) is 43.9 Å². The van der Waals surface area contributed by atoms with Gasteiger partial charge >= 0.3 is 0 Å². The molecule has 0 fully saturated rings. The summed E-state index contributed by atoms with van der Waals surface area (Å²) in [7, 11) is 0. The molecule has 14 heavy (non-hydrogen) atoms. The van der Waals surface area contributed by atoms with E-state index in [2.05, 4.69) is 25.8 Å². The molecule has 1 aromatic heterocycles. The predicted molar refractivity (Wildman–Crippen MR) is 60.0 cm³/mol. The van der Waals surface area contributed by atoms with Gasteiger partial charge in [0, 0.05) is 18.4 Å². The first-order valence-corrected chi connectivity index (χ1v) is 5.36. The zero-order chi connectivity index (χ0) is 10.6. The minimum absolute atomic E-state index is 0.138. The van der Waals surface area contributed by atoms with Crippen LogP contribution in [0.2, 0.25) is 0 Å². The molecule has 78 valence electrons. The minimum atomic E-state index is 0.138. The van der Waals surface area contributed by atoms with E-state index in [0.29, 0.717) is 5.92 Å². The third kappa shape index (κ3) is 2.32. The minimum Gasteiger partial charge on any atom is -0.324 e. The average Bonchev–Trinajstić information content (AvgIpc) is 2.20. The lowest BCUT2D eigenvalue weighted by molar-refractivity contribution is 0.403. The highest BCUT2D eigenvalue weighted by atomic mass is 14.7.